The van der Waals surface area contributed by atoms with Crippen LogP contribution in [0.25, 0.3) is 0 Å². The maximum absolute atomic E-state index is 13.4. The van der Waals surface area contributed by atoms with E-state index in [1.165, 1.54) is 12.0 Å². The highest BCUT2D eigenvalue weighted by Gasteiger charge is 2.27. The van der Waals surface area contributed by atoms with Gasteiger partial charge in [-0.1, -0.05) is 12.1 Å². The molecule has 1 unspecified atom stereocenters. The van der Waals surface area contributed by atoms with E-state index in [1.54, 1.807) is 6.20 Å². The predicted octanol–water partition coefficient (Wildman–Crippen LogP) is 3.67. The van der Waals surface area contributed by atoms with Gasteiger partial charge >= 0.3 is 0 Å². The van der Waals surface area contributed by atoms with E-state index < -0.39 is 15.9 Å². The number of hydrogen-bond donors (Lipinski definition) is 1. The fourth-order valence-electron chi connectivity index (χ4n) is 5.32. The number of nitrogens with zero attached hydrogens (tertiary/aromatic N) is 4. The Bertz CT molecular complexity index is 1430. The van der Waals surface area contributed by atoms with Crippen molar-refractivity contribution in [1.82, 2.24) is 15.3 Å². The lowest BCUT2D eigenvalue weighted by Gasteiger charge is -2.33. The molecule has 2 aliphatic rings. The Kier molecular flexibility index (Phi) is 7.93. The molecule has 0 radical (unpaired) electrons. The second-order valence-electron chi connectivity index (χ2n) is 10.7. The van der Waals surface area contributed by atoms with Gasteiger partial charge in [0, 0.05) is 54.9 Å². The van der Waals surface area contributed by atoms with E-state index >= 15 is 0 Å². The van der Waals surface area contributed by atoms with E-state index in [0.717, 1.165) is 48.5 Å². The Morgan fingerprint density at radius 1 is 1.00 bits per heavy atom. The molecular weight excluding hydrogens is 514 g/mol. The van der Waals surface area contributed by atoms with Crippen molar-refractivity contribution in [3.8, 4) is 0 Å². The van der Waals surface area contributed by atoms with E-state index in [-0.39, 0.29) is 23.8 Å². The minimum atomic E-state index is -2.99. The Balaban J connectivity index is 1.37. The number of hydrogen-bond acceptors (Lipinski definition) is 8. The molecule has 5 rings (SSSR count). The van der Waals surface area contributed by atoms with Gasteiger partial charge in [-0.2, -0.15) is 0 Å². The van der Waals surface area contributed by atoms with Gasteiger partial charge in [0.1, 0.15) is 17.6 Å². The average molecular weight is 552 g/mol. The second kappa shape index (κ2) is 11.4. The van der Waals surface area contributed by atoms with E-state index in [1.807, 2.05) is 30.9 Å². The third kappa shape index (κ3) is 6.43. The van der Waals surface area contributed by atoms with Crippen LogP contribution in [0.5, 0.6) is 0 Å². The van der Waals surface area contributed by atoms with Crippen molar-refractivity contribution in [2.45, 2.75) is 52.5 Å². The van der Waals surface area contributed by atoms with Crippen LogP contribution in [0.1, 0.15) is 59.2 Å². The summed E-state index contributed by atoms with van der Waals surface area (Å²) in [4.78, 5) is 26.8. The summed E-state index contributed by atoms with van der Waals surface area (Å²) in [6.45, 7) is 8.61. The topological polar surface area (TPSA) is 109 Å². The number of aromatic nitrogens is 2. The third-order valence-electron chi connectivity index (χ3n) is 7.59. The first-order chi connectivity index (χ1) is 18.7. The normalized spacial score (nSPS) is 18.1. The summed E-state index contributed by atoms with van der Waals surface area (Å²) in [5, 5.41) is 3.23. The van der Waals surface area contributed by atoms with Gasteiger partial charge in [0.15, 0.2) is 9.84 Å². The Morgan fingerprint density at radius 2 is 1.74 bits per heavy atom. The molecule has 39 heavy (non-hydrogen) atoms. The first-order valence-corrected chi connectivity index (χ1v) is 15.5. The smallest absolute Gasteiger partial charge is 0.225 e. The first-order valence-electron chi connectivity index (χ1n) is 13.7. The number of furan rings is 1. The Morgan fingerprint density at radius 3 is 2.41 bits per heavy atom. The van der Waals surface area contributed by atoms with Crippen LogP contribution in [0, 0.1) is 20.8 Å². The number of sulfone groups is 1. The summed E-state index contributed by atoms with van der Waals surface area (Å²) < 4.78 is 29.6. The van der Waals surface area contributed by atoms with Gasteiger partial charge in [0.2, 0.25) is 11.9 Å². The molecular formula is C29H37N5O4S. The van der Waals surface area contributed by atoms with Crippen molar-refractivity contribution in [3.63, 3.8) is 0 Å². The van der Waals surface area contributed by atoms with Gasteiger partial charge < -0.3 is 19.5 Å². The quantitative estimate of drug-likeness (QED) is 0.474. The van der Waals surface area contributed by atoms with Gasteiger partial charge in [-0.15, -0.1) is 0 Å². The fourth-order valence-corrected chi connectivity index (χ4v) is 6.52. The molecule has 0 aliphatic carbocycles. The zero-order chi connectivity index (χ0) is 27.6. The third-order valence-corrected chi connectivity index (χ3v) is 9.20. The molecule has 0 spiro atoms. The molecule has 2 saturated heterocycles. The summed E-state index contributed by atoms with van der Waals surface area (Å²) >= 11 is 0. The molecule has 208 valence electrons. The highest BCUT2D eigenvalue weighted by atomic mass is 32.2. The van der Waals surface area contributed by atoms with Crippen LogP contribution in [0.4, 0.5) is 11.6 Å². The number of carbonyl (C=O) groups excluding carboxylic acids is 1. The van der Waals surface area contributed by atoms with Gasteiger partial charge in [0.25, 0.3) is 0 Å². The summed E-state index contributed by atoms with van der Waals surface area (Å²) in [7, 11) is -2.99. The number of carbonyl (C=O) groups is 1. The molecule has 0 saturated carbocycles. The average Bonchev–Trinajstić information content (AvgIpc) is 3.35. The summed E-state index contributed by atoms with van der Waals surface area (Å²) in [5.74, 6) is 2.05. The van der Waals surface area contributed by atoms with Gasteiger partial charge in [-0.3, -0.25) is 4.79 Å². The highest BCUT2D eigenvalue weighted by Crippen LogP contribution is 2.34. The van der Waals surface area contributed by atoms with Crippen LogP contribution in [0.15, 0.2) is 40.9 Å². The van der Waals surface area contributed by atoms with Crippen molar-refractivity contribution in [2.24, 2.45) is 0 Å². The zero-order valence-corrected chi connectivity index (χ0v) is 23.8. The van der Waals surface area contributed by atoms with Crippen LogP contribution >= 0.6 is 0 Å². The van der Waals surface area contributed by atoms with Crippen LogP contribution < -0.4 is 15.1 Å². The number of piperidine rings is 1. The molecule has 0 bridgehead atoms. The summed E-state index contributed by atoms with van der Waals surface area (Å²) in [5.41, 5.74) is 4.78. The molecule has 2 fully saturated rings. The molecule has 2 aromatic heterocycles. The monoisotopic (exact) mass is 551 g/mol. The Labute approximate surface area is 230 Å². The van der Waals surface area contributed by atoms with Crippen LogP contribution in [0.3, 0.4) is 0 Å². The van der Waals surface area contributed by atoms with E-state index in [0.29, 0.717) is 30.5 Å². The maximum Gasteiger partial charge on any atom is 0.225 e. The maximum atomic E-state index is 13.4. The van der Waals surface area contributed by atoms with E-state index in [2.05, 4.69) is 45.3 Å². The standard InChI is InChI=1S/C29H37N5O4S/c1-20-7-9-24(25(17-20)33-11-5-4-6-12-33)28(26-10-8-21(2)38-26)32-27(35)18-23-19-30-29(31-22(23)3)34-13-15-39(36,37)16-14-34/h7-10,17,19,28H,4-6,11-16,18H2,1-3H3,(H,32,35). The number of aryl methyl sites for hydroxylation is 3. The first kappa shape index (κ1) is 27.2. The molecule has 3 aromatic rings. The number of benzene rings is 1. The lowest BCUT2D eigenvalue weighted by atomic mass is 9.97. The van der Waals surface area contributed by atoms with Crippen molar-refractivity contribution in [3.05, 3.63) is 70.4 Å². The molecule has 10 heteroatoms. The molecule has 2 aliphatic heterocycles. The lowest BCUT2D eigenvalue weighted by Crippen LogP contribution is -2.41. The van der Waals surface area contributed by atoms with Crippen molar-refractivity contribution < 1.29 is 17.6 Å². The number of amides is 1. The van der Waals surface area contributed by atoms with Gasteiger partial charge in [0.05, 0.1) is 17.9 Å². The largest absolute Gasteiger partial charge is 0.464 e. The molecule has 1 N–H and O–H groups in total. The van der Waals surface area contributed by atoms with Crippen LogP contribution in [-0.4, -0.2) is 62.0 Å². The van der Waals surface area contributed by atoms with Crippen molar-refractivity contribution in [2.75, 3.05) is 47.5 Å². The van der Waals surface area contributed by atoms with E-state index in [4.69, 9.17) is 4.42 Å². The summed E-state index contributed by atoms with van der Waals surface area (Å²) in [6.07, 6.45) is 5.37. The lowest BCUT2D eigenvalue weighted by molar-refractivity contribution is -0.121. The van der Waals surface area contributed by atoms with E-state index in [9.17, 15) is 13.2 Å². The van der Waals surface area contributed by atoms with Gasteiger partial charge in [-0.05, 0) is 63.8 Å². The van der Waals surface area contributed by atoms with Crippen molar-refractivity contribution in [1.29, 1.82) is 0 Å². The van der Waals surface area contributed by atoms with Gasteiger partial charge in [-0.25, -0.2) is 18.4 Å². The predicted molar refractivity (Wildman–Crippen MR) is 152 cm³/mol. The molecule has 1 atom stereocenters. The SMILES string of the molecule is Cc1ccc(C(NC(=O)Cc2cnc(N3CCS(=O)(=O)CC3)nc2C)c2ccc(C)o2)c(N2CCCCC2)c1. The molecule has 4 heterocycles. The number of rotatable bonds is 7. The van der Waals surface area contributed by atoms with Crippen LogP contribution in [-0.2, 0) is 21.1 Å². The molecule has 1 aromatic carbocycles. The zero-order valence-electron chi connectivity index (χ0n) is 22.9. The summed E-state index contributed by atoms with van der Waals surface area (Å²) in [6, 6.07) is 9.82. The fraction of sp³-hybridized carbons (Fsp3) is 0.483. The number of nitrogens with one attached hydrogen (secondary N) is 1. The molecule has 1 amide bonds. The highest BCUT2D eigenvalue weighted by molar-refractivity contribution is 7.91. The van der Waals surface area contributed by atoms with Crippen LogP contribution in [0.2, 0.25) is 0 Å². The van der Waals surface area contributed by atoms with Crippen molar-refractivity contribution >= 4 is 27.4 Å². The minimum Gasteiger partial charge on any atom is -0.464 e. The minimum absolute atomic E-state index is 0.103. The number of anilines is 2. The second-order valence-corrected chi connectivity index (χ2v) is 13.0. The Hall–Kier alpha value is -3.40. The molecule has 9 nitrogen and oxygen atoms in total.